The van der Waals surface area contributed by atoms with Crippen molar-refractivity contribution in [3.05, 3.63) is 233 Å². The number of rotatable bonds is 74. The van der Waals surface area contributed by atoms with Gasteiger partial charge in [-0.1, -0.05) is 240 Å². The van der Waals surface area contributed by atoms with Crippen LogP contribution in [0.2, 0.25) is 0 Å². The van der Waals surface area contributed by atoms with Crippen molar-refractivity contribution < 1.29 is 94.8 Å². The minimum absolute atomic E-state index is 0.0671. The molecule has 0 saturated carbocycles. The molecule has 2 heterocycles. The molecule has 3 unspecified atom stereocenters. The van der Waals surface area contributed by atoms with Gasteiger partial charge in [0.05, 0.1) is 19.8 Å². The summed E-state index contributed by atoms with van der Waals surface area (Å²) in [5.41, 5.74) is 29.3. The first-order valence-electron chi connectivity index (χ1n) is 54.2. The van der Waals surface area contributed by atoms with E-state index in [0.717, 1.165) is 238 Å². The van der Waals surface area contributed by atoms with Crippen molar-refractivity contribution in [2.24, 2.45) is 5.92 Å². The third-order valence-electron chi connectivity index (χ3n) is 27.1. The van der Waals surface area contributed by atoms with Gasteiger partial charge in [0.2, 0.25) is 5.91 Å². The lowest BCUT2D eigenvalue weighted by Crippen LogP contribution is -2.69. The number of phosphoric ester groups is 2. The molecule has 0 radical (unpaired) electrons. The van der Waals surface area contributed by atoms with E-state index in [9.17, 15) is 67.2 Å². The summed E-state index contributed by atoms with van der Waals surface area (Å²) < 4.78 is 97.4. The van der Waals surface area contributed by atoms with Crippen LogP contribution < -0.4 is 10.6 Å². The smallest absolute Gasteiger partial charge is 0.394 e. The second-order valence-corrected chi connectivity index (χ2v) is 45.1. The van der Waals surface area contributed by atoms with Gasteiger partial charge in [0, 0.05) is 6.92 Å². The van der Waals surface area contributed by atoms with Gasteiger partial charge in [-0.2, -0.15) is 17.5 Å². The van der Waals surface area contributed by atoms with Crippen LogP contribution in [0.15, 0.2) is 233 Å². The van der Waals surface area contributed by atoms with E-state index < -0.39 is 115 Å². The van der Waals surface area contributed by atoms with Crippen LogP contribution in [0.5, 0.6) is 0 Å². The second kappa shape index (κ2) is 76.9. The minimum Gasteiger partial charge on any atom is -0.394 e. The Labute approximate surface area is 876 Å². The third-order valence-corrected chi connectivity index (χ3v) is 29.7. The zero-order valence-electron chi connectivity index (χ0n) is 93.8. The molecule has 0 aromatic rings. The van der Waals surface area contributed by atoms with E-state index in [4.69, 9.17) is 23.3 Å². The maximum atomic E-state index is 13.6. The molecule has 2 fully saturated rings. The van der Waals surface area contributed by atoms with Crippen LogP contribution in [0.3, 0.4) is 0 Å². The number of nitrogens with one attached hydrogen (secondary N) is 2. The van der Waals surface area contributed by atoms with Gasteiger partial charge < -0.3 is 60.2 Å². The normalized spacial score (nSPS) is 21.9. The number of halogens is 3. The highest BCUT2D eigenvalue weighted by molar-refractivity contribution is 7.61. The van der Waals surface area contributed by atoms with Crippen molar-refractivity contribution in [1.82, 2.24) is 10.6 Å². The number of aliphatic hydroxyl groups is 5. The highest BCUT2D eigenvalue weighted by atomic mass is 31.3. The quantitative estimate of drug-likeness (QED) is 0.0202. The van der Waals surface area contributed by atoms with Crippen molar-refractivity contribution in [1.29, 1.82) is 0 Å². The SMILES string of the molecule is CC(=O)N[C@H]1[C@H](O[C@H]2[C@H](O)[C@@H](NC(=O)C(F)(F)F)[C@@H](OP(=O)(O)OP(=O)(O)OCCC(C)CC/C=C(\C)CC/C=C(\C)CC/C=C(\C)CC/C=C(\C)CC/C=C(\C)CC/C=C(\C)CC/C=C(\C)CC/C=C(\C)CC/C=C(\C)CC/C=C(\C)CC/C=C(\C)CC/C=C(\C)CC/C=C(\C)CC/C=C(\C)CC/C=C(\C)CC/C=C(\C)CC/C=C(\C)CC/C=C(\C)CC/C=C(\C)CCC=C(C)C)O[C@@H]2CO)O[C@H](CO)[C@@H](O)[C@@H]1O. The van der Waals surface area contributed by atoms with E-state index in [0.29, 0.717) is 12.8 Å². The van der Waals surface area contributed by atoms with Crippen LogP contribution in [-0.4, -0.2) is 134 Å². The molecule has 0 aromatic heterocycles. The average molecular weight is 2070 g/mol. The summed E-state index contributed by atoms with van der Waals surface area (Å²) in [6.45, 7) is 47.8. The minimum atomic E-state index is -5.94. The van der Waals surface area contributed by atoms with Gasteiger partial charge in [0.25, 0.3) is 0 Å². The van der Waals surface area contributed by atoms with Crippen LogP contribution >= 0.6 is 15.6 Å². The zero-order valence-corrected chi connectivity index (χ0v) is 95.5. The molecule has 824 valence electrons. The summed E-state index contributed by atoms with van der Waals surface area (Å²) in [7, 11) is -11.4. The van der Waals surface area contributed by atoms with Gasteiger partial charge in [0.15, 0.2) is 12.6 Å². The Morgan fingerprint density at radius 3 is 0.772 bits per heavy atom. The van der Waals surface area contributed by atoms with Gasteiger partial charge in [-0.3, -0.25) is 18.6 Å². The summed E-state index contributed by atoms with van der Waals surface area (Å²) in [6, 6.07) is -4.20. The number of carbonyl (C=O) groups is 2. The molecule has 19 nitrogen and oxygen atoms in total. The lowest BCUT2D eigenvalue weighted by molar-refractivity contribution is -0.326. The Bertz CT molecular complexity index is 4580. The molecular formula is C121H197F3N2O17P2. The molecule has 13 atom stereocenters. The molecule has 9 N–H and O–H groups in total. The number of carbonyl (C=O) groups excluding carboxylic acids is 2. The molecule has 2 aliphatic rings. The Kier molecular flexibility index (Phi) is 71.3. The molecule has 0 aliphatic carbocycles. The first kappa shape index (κ1) is 135. The summed E-state index contributed by atoms with van der Waals surface area (Å²) in [5, 5.41) is 56.0. The monoisotopic (exact) mass is 2070 g/mol. The van der Waals surface area contributed by atoms with Crippen LogP contribution in [0, 0.1) is 5.92 Å². The number of allylic oxidation sites excluding steroid dienone is 40. The molecule has 24 heteroatoms. The van der Waals surface area contributed by atoms with E-state index in [2.05, 4.69) is 277 Å². The number of hydrogen-bond donors (Lipinski definition) is 9. The van der Waals surface area contributed by atoms with Gasteiger partial charge in [-0.25, -0.2) is 9.13 Å². The van der Waals surface area contributed by atoms with E-state index in [1.807, 2.05) is 6.92 Å². The zero-order chi connectivity index (χ0) is 108. The molecule has 0 spiro atoms. The molecule has 2 aliphatic heterocycles. The van der Waals surface area contributed by atoms with Gasteiger partial charge >= 0.3 is 27.7 Å². The van der Waals surface area contributed by atoms with Gasteiger partial charge in [0.1, 0.15) is 48.7 Å². The fraction of sp³-hybridized carbons (Fsp3) is 0.653. The highest BCUT2D eigenvalue weighted by Crippen LogP contribution is 2.61. The summed E-state index contributed by atoms with van der Waals surface area (Å²) >= 11 is 0. The van der Waals surface area contributed by atoms with Crippen molar-refractivity contribution in [3.63, 3.8) is 0 Å². The molecule has 0 aromatic carbocycles. The second-order valence-electron chi connectivity index (χ2n) is 42.2. The van der Waals surface area contributed by atoms with Crippen LogP contribution in [-0.2, 0) is 46.3 Å². The van der Waals surface area contributed by atoms with Crippen LogP contribution in [0.1, 0.15) is 422 Å². The van der Waals surface area contributed by atoms with Crippen LogP contribution in [0.4, 0.5) is 13.2 Å². The van der Waals surface area contributed by atoms with E-state index in [1.165, 1.54) is 130 Å². The summed E-state index contributed by atoms with van der Waals surface area (Å²) in [6.07, 6.45) is 69.8. The van der Waals surface area contributed by atoms with Gasteiger partial charge in [-0.15, -0.1) is 0 Å². The number of hydrogen-bond acceptors (Lipinski definition) is 15. The molecule has 2 rings (SSSR count). The summed E-state index contributed by atoms with van der Waals surface area (Å²) in [5.74, 6) is -3.60. The first-order chi connectivity index (χ1) is 68.5. The Morgan fingerprint density at radius 1 is 0.317 bits per heavy atom. The molecule has 145 heavy (non-hydrogen) atoms. The number of aliphatic hydroxyl groups excluding tert-OH is 5. The van der Waals surface area contributed by atoms with Crippen molar-refractivity contribution in [3.8, 4) is 0 Å². The number of ether oxygens (including phenoxy) is 3. The molecule has 0 bridgehead atoms. The third kappa shape index (κ3) is 67.4. The molecule has 2 amide bonds. The number of phosphoric acid groups is 2. The average Bonchev–Trinajstić information content (AvgIpc) is 0.768. The summed E-state index contributed by atoms with van der Waals surface area (Å²) in [4.78, 5) is 45.2. The first-order valence-corrected chi connectivity index (χ1v) is 57.2. The van der Waals surface area contributed by atoms with E-state index >= 15 is 0 Å². The molecule has 2 saturated heterocycles. The maximum absolute atomic E-state index is 13.6. The largest absolute Gasteiger partial charge is 0.483 e. The van der Waals surface area contributed by atoms with Crippen molar-refractivity contribution in [2.75, 3.05) is 19.8 Å². The topological polar surface area (TPSA) is 289 Å². The predicted molar refractivity (Wildman–Crippen MR) is 597 cm³/mol. The number of amides is 2. The fourth-order valence-electron chi connectivity index (χ4n) is 17.2. The fourth-order valence-corrected chi connectivity index (χ4v) is 19.4. The standard InChI is InChI=1S/C121H197F3N2O17P2/c1-88(2)44-24-45-89(3)46-25-47-90(4)48-26-49-91(5)50-27-51-92(6)52-28-53-93(7)54-29-55-94(8)56-30-57-95(9)58-31-59-96(10)60-32-61-97(11)62-33-63-98(12)64-34-65-99(13)66-35-67-100(14)68-36-69-101(15)70-37-71-102(16)72-38-73-103(17)74-39-75-104(18)76-40-77-105(19)78-41-79-106(20)80-42-81-107(21)82-43-83-108(22)84-85-138-144(134,135)143-145(136,137)142-119-113(126-120(133)121(122,123)124)116(132)117(111(87-128)140-119)141-118-112(125-109(23)129)115(131)114(130)110(86-127)139-118/h44,46,48,50,52,54,56,58,60,62,64,66,68,70,72,74,76,78,80,82,108,110-119,127-128,130-132H,24-43,45,47,49,51,53,55,57,59,61,63,65,67,69,71,73,75,77,79,81,83-87H2,1-23H3,(H,125,129)(H,126,133)(H,134,135)(H,136,137)/b89-46+,90-48+,91-50+,92-52+,93-54+,94-56+,95-58+,96-60+,97-62+,98-64+,99-66+,100-68+,101-70+,102-72+,103-74+,104-76+,105-78+,106-80+,107-82+/t108?,110-,111-,112-,113-,114-,115-,116-,117-,118+,119-/m1/s1. The maximum Gasteiger partial charge on any atom is 0.483 e. The van der Waals surface area contributed by atoms with Gasteiger partial charge in [-0.05, 0) is 415 Å². The lowest BCUT2D eigenvalue weighted by atomic mass is 9.94. The van der Waals surface area contributed by atoms with E-state index in [1.54, 1.807) is 0 Å². The predicted octanol–water partition coefficient (Wildman–Crippen LogP) is 32.3. The Hall–Kier alpha value is -6.53. The molecular weight excluding hydrogens is 1870 g/mol. The van der Waals surface area contributed by atoms with Crippen molar-refractivity contribution >= 4 is 27.5 Å². The van der Waals surface area contributed by atoms with Crippen LogP contribution in [0.25, 0.3) is 0 Å². The van der Waals surface area contributed by atoms with Crippen molar-refractivity contribution in [2.45, 2.75) is 490 Å². The highest BCUT2D eigenvalue weighted by Gasteiger charge is 2.55. The Balaban J connectivity index is 1.60. The lowest BCUT2D eigenvalue weighted by Gasteiger charge is -2.48. The Morgan fingerprint density at radius 2 is 0.545 bits per heavy atom. The number of alkyl halides is 3. The van der Waals surface area contributed by atoms with E-state index in [-0.39, 0.29) is 12.3 Å².